The molecule has 5 rings (SSSR count). The first-order valence-corrected chi connectivity index (χ1v) is 13.4. The van der Waals surface area contributed by atoms with Crippen molar-refractivity contribution >= 4 is 23.4 Å². The predicted octanol–water partition coefficient (Wildman–Crippen LogP) is 5.34. The van der Waals surface area contributed by atoms with Gasteiger partial charge in [0.1, 0.15) is 11.6 Å². The van der Waals surface area contributed by atoms with Crippen LogP contribution in [0.1, 0.15) is 48.6 Å². The van der Waals surface area contributed by atoms with E-state index in [1.165, 1.54) is 5.56 Å². The van der Waals surface area contributed by atoms with Gasteiger partial charge < -0.3 is 14.4 Å². The van der Waals surface area contributed by atoms with Gasteiger partial charge in [0, 0.05) is 35.4 Å². The van der Waals surface area contributed by atoms with Crippen LogP contribution < -0.4 is 0 Å². The summed E-state index contributed by atoms with van der Waals surface area (Å²) in [6, 6.07) is 15.8. The van der Waals surface area contributed by atoms with Crippen molar-refractivity contribution in [1.29, 1.82) is 0 Å². The van der Waals surface area contributed by atoms with Crippen LogP contribution in [0.2, 0.25) is 5.02 Å². The molecule has 3 heterocycles. The van der Waals surface area contributed by atoms with Crippen molar-refractivity contribution in [2.24, 2.45) is 0 Å². The van der Waals surface area contributed by atoms with Crippen LogP contribution in [0.4, 0.5) is 0 Å². The van der Waals surface area contributed by atoms with E-state index in [9.17, 15) is 5.11 Å². The van der Waals surface area contributed by atoms with E-state index in [-0.39, 0.29) is 0 Å². The second-order valence-corrected chi connectivity index (χ2v) is 10.6. The summed E-state index contributed by atoms with van der Waals surface area (Å²) in [7, 11) is 0. The quantitative estimate of drug-likeness (QED) is 0.423. The molecule has 2 aliphatic rings. The maximum absolute atomic E-state index is 10.2. The molecule has 180 valence electrons. The fourth-order valence-electron chi connectivity index (χ4n) is 4.84. The lowest BCUT2D eigenvalue weighted by Gasteiger charge is -2.32. The van der Waals surface area contributed by atoms with E-state index in [4.69, 9.17) is 21.4 Å². The molecule has 2 fully saturated rings. The molecule has 8 heteroatoms. The molecule has 1 aromatic heterocycles. The maximum atomic E-state index is 10.2. The molecule has 3 aromatic rings. The number of nitrogens with zero attached hydrogens (tertiary/aromatic N) is 4. The van der Waals surface area contributed by atoms with Crippen LogP contribution in [-0.4, -0.2) is 56.3 Å². The van der Waals surface area contributed by atoms with Crippen LogP contribution in [-0.2, 0) is 17.8 Å². The predicted molar refractivity (Wildman–Crippen MR) is 136 cm³/mol. The Hall–Kier alpha value is -2.06. The molecule has 0 amide bonds. The van der Waals surface area contributed by atoms with Crippen molar-refractivity contribution in [2.45, 2.75) is 56.0 Å². The summed E-state index contributed by atoms with van der Waals surface area (Å²) < 4.78 is 8.14. The van der Waals surface area contributed by atoms with E-state index in [2.05, 4.69) is 44.9 Å². The van der Waals surface area contributed by atoms with Crippen molar-refractivity contribution in [1.82, 2.24) is 19.7 Å². The van der Waals surface area contributed by atoms with Gasteiger partial charge in [-0.1, -0.05) is 53.7 Å². The first kappa shape index (κ1) is 23.7. The summed E-state index contributed by atoms with van der Waals surface area (Å²) in [5, 5.41) is 21.1. The lowest BCUT2D eigenvalue weighted by molar-refractivity contribution is 0.129. The molecule has 2 aliphatic heterocycles. The van der Waals surface area contributed by atoms with Crippen molar-refractivity contribution in [3.8, 4) is 5.75 Å². The lowest BCUT2D eigenvalue weighted by Crippen LogP contribution is -2.33. The number of phenols is 1. The van der Waals surface area contributed by atoms with E-state index in [0.717, 1.165) is 74.2 Å². The molecule has 0 saturated carbocycles. The summed E-state index contributed by atoms with van der Waals surface area (Å²) in [6.07, 6.45) is 4.64. The van der Waals surface area contributed by atoms with Crippen LogP contribution in [0.5, 0.6) is 5.75 Å². The molecule has 34 heavy (non-hydrogen) atoms. The number of piperidine rings is 1. The van der Waals surface area contributed by atoms with Gasteiger partial charge >= 0.3 is 0 Å². The van der Waals surface area contributed by atoms with Gasteiger partial charge in [-0.15, -0.1) is 10.2 Å². The van der Waals surface area contributed by atoms with Crippen LogP contribution >= 0.6 is 23.4 Å². The van der Waals surface area contributed by atoms with Gasteiger partial charge in [-0.2, -0.15) is 0 Å². The summed E-state index contributed by atoms with van der Waals surface area (Å²) in [5.74, 6) is 2.69. The third-order valence-corrected chi connectivity index (χ3v) is 8.07. The minimum atomic E-state index is 0.307. The monoisotopic (exact) mass is 498 g/mol. The molecule has 0 spiro atoms. The van der Waals surface area contributed by atoms with Gasteiger partial charge in [-0.05, 0) is 62.5 Å². The fraction of sp³-hybridized carbons (Fsp3) is 0.462. The molecule has 6 nitrogen and oxygen atoms in total. The largest absolute Gasteiger partial charge is 0.508 e. The molecule has 0 radical (unpaired) electrons. The number of hydrogen-bond acceptors (Lipinski definition) is 6. The highest BCUT2D eigenvalue weighted by atomic mass is 35.5. The average Bonchev–Trinajstić information content (AvgIpc) is 3.51. The zero-order chi connectivity index (χ0) is 23.3. The SMILES string of the molecule is Oc1ccc(Cl)cc1CN1CCC(c2nnc(SC[C@@H]3CCCO3)n2Cc2ccccc2)CC1. The normalized spacial score (nSPS) is 19.6. The van der Waals surface area contributed by atoms with Crippen molar-refractivity contribution in [3.05, 3.63) is 70.5 Å². The summed E-state index contributed by atoms with van der Waals surface area (Å²) in [5.41, 5.74) is 2.14. The van der Waals surface area contributed by atoms with Crippen molar-refractivity contribution in [2.75, 3.05) is 25.4 Å². The van der Waals surface area contributed by atoms with Crippen molar-refractivity contribution in [3.63, 3.8) is 0 Å². The number of benzene rings is 2. The highest BCUT2D eigenvalue weighted by molar-refractivity contribution is 7.99. The Morgan fingerprint density at radius 2 is 1.85 bits per heavy atom. The third-order valence-electron chi connectivity index (χ3n) is 6.74. The molecular formula is C26H31ClN4O2S. The summed E-state index contributed by atoms with van der Waals surface area (Å²) >= 11 is 7.90. The number of rotatable bonds is 8. The molecule has 0 aliphatic carbocycles. The molecule has 1 N–H and O–H groups in total. The van der Waals surface area contributed by atoms with Gasteiger partial charge in [0.05, 0.1) is 12.6 Å². The number of halogens is 1. The number of hydrogen-bond donors (Lipinski definition) is 1. The fourth-order valence-corrected chi connectivity index (χ4v) is 6.04. The molecular weight excluding hydrogens is 468 g/mol. The van der Waals surface area contributed by atoms with Crippen LogP contribution in [0, 0.1) is 0 Å². The Morgan fingerprint density at radius 3 is 2.62 bits per heavy atom. The Morgan fingerprint density at radius 1 is 1.03 bits per heavy atom. The van der Waals surface area contributed by atoms with Gasteiger partial charge in [-0.3, -0.25) is 4.90 Å². The smallest absolute Gasteiger partial charge is 0.191 e. The number of thioether (sulfide) groups is 1. The Balaban J connectivity index is 1.28. The zero-order valence-corrected chi connectivity index (χ0v) is 20.8. The van der Waals surface area contributed by atoms with E-state index in [1.54, 1.807) is 23.9 Å². The second-order valence-electron chi connectivity index (χ2n) is 9.18. The highest BCUT2D eigenvalue weighted by Gasteiger charge is 2.27. The minimum Gasteiger partial charge on any atom is -0.508 e. The van der Waals surface area contributed by atoms with Crippen LogP contribution in [0.15, 0.2) is 53.7 Å². The number of phenolic OH excluding ortho intramolecular Hbond substituents is 1. The number of ether oxygens (including phenoxy) is 1. The third kappa shape index (κ3) is 5.77. The summed E-state index contributed by atoms with van der Waals surface area (Å²) in [4.78, 5) is 2.38. The molecule has 0 bridgehead atoms. The van der Waals surface area contributed by atoms with Crippen LogP contribution in [0.25, 0.3) is 0 Å². The topological polar surface area (TPSA) is 63.4 Å². The molecule has 0 unspecified atom stereocenters. The Kier molecular flexibility index (Phi) is 7.74. The number of aromatic hydroxyl groups is 1. The van der Waals surface area contributed by atoms with Gasteiger partial charge in [0.2, 0.25) is 0 Å². The van der Waals surface area contributed by atoms with E-state index >= 15 is 0 Å². The van der Waals surface area contributed by atoms with Gasteiger partial charge in [0.25, 0.3) is 0 Å². The maximum Gasteiger partial charge on any atom is 0.191 e. The second kappa shape index (κ2) is 11.1. The van der Waals surface area contributed by atoms with Gasteiger partial charge in [0.15, 0.2) is 5.16 Å². The first-order valence-electron chi connectivity index (χ1n) is 12.1. The number of likely N-dealkylation sites (tertiary alicyclic amines) is 1. The Bertz CT molecular complexity index is 1080. The van der Waals surface area contributed by atoms with E-state index in [1.807, 2.05) is 6.07 Å². The van der Waals surface area contributed by atoms with Crippen molar-refractivity contribution < 1.29 is 9.84 Å². The molecule has 2 saturated heterocycles. The lowest BCUT2D eigenvalue weighted by atomic mass is 9.95. The summed E-state index contributed by atoms with van der Waals surface area (Å²) in [6.45, 7) is 4.27. The Labute approximate surface area is 210 Å². The standard InChI is InChI=1S/C26H31ClN4O2S/c27-22-8-9-24(32)21(15-22)17-30-12-10-20(11-13-30)25-28-29-26(34-18-23-7-4-14-33-23)31(25)16-19-5-2-1-3-6-19/h1-3,5-6,8-9,15,20,23,32H,4,7,10-14,16-18H2/t23-/m0/s1. The molecule has 2 aromatic carbocycles. The average molecular weight is 499 g/mol. The molecule has 1 atom stereocenters. The van der Waals surface area contributed by atoms with Gasteiger partial charge in [-0.25, -0.2) is 0 Å². The first-order chi connectivity index (χ1) is 16.7. The highest BCUT2D eigenvalue weighted by Crippen LogP contribution is 2.32. The zero-order valence-electron chi connectivity index (χ0n) is 19.3. The van der Waals surface area contributed by atoms with E-state index in [0.29, 0.717) is 29.3 Å². The van der Waals surface area contributed by atoms with E-state index < -0.39 is 0 Å². The number of aromatic nitrogens is 3. The van der Waals surface area contributed by atoms with Crippen LogP contribution in [0.3, 0.4) is 0 Å². The minimum absolute atomic E-state index is 0.307.